The lowest BCUT2D eigenvalue weighted by atomic mass is 9.46. The van der Waals surface area contributed by atoms with Crippen LogP contribution in [0.25, 0.3) is 0 Å². The number of aliphatic hydroxyl groups excluding tert-OH is 3. The van der Waals surface area contributed by atoms with Crippen LogP contribution in [-0.4, -0.2) is 72.5 Å². The zero-order valence-electron chi connectivity index (χ0n) is 21.1. The summed E-state index contributed by atoms with van der Waals surface area (Å²) in [4.78, 5) is 13.3. The third kappa shape index (κ3) is 3.20. The number of aliphatic hydroxyl groups is 5. The molecule has 4 aliphatic carbocycles. The van der Waals surface area contributed by atoms with Crippen molar-refractivity contribution in [1.29, 1.82) is 0 Å². The summed E-state index contributed by atoms with van der Waals surface area (Å²) in [5, 5.41) is 53.5. The third-order valence-electron chi connectivity index (χ3n) is 10.8. The lowest BCUT2D eigenvalue weighted by molar-refractivity contribution is -0.164. The maximum atomic E-state index is 13.3. The van der Waals surface area contributed by atoms with E-state index < -0.39 is 45.9 Å². The summed E-state index contributed by atoms with van der Waals surface area (Å²) in [6.07, 6.45) is 2.56. The van der Waals surface area contributed by atoms with Gasteiger partial charge in [0.05, 0.1) is 35.6 Å². The van der Waals surface area contributed by atoms with Crippen LogP contribution in [0.3, 0.4) is 0 Å². The first-order chi connectivity index (χ1) is 15.6. The Morgan fingerprint density at radius 3 is 2.44 bits per heavy atom. The highest BCUT2D eigenvalue weighted by Crippen LogP contribution is 2.76. The van der Waals surface area contributed by atoms with E-state index in [1.807, 2.05) is 0 Å². The van der Waals surface area contributed by atoms with Crippen molar-refractivity contribution in [2.24, 2.45) is 28.6 Å². The molecule has 4 fully saturated rings. The van der Waals surface area contributed by atoms with Crippen molar-refractivity contribution < 1.29 is 35.1 Å². The molecule has 11 unspecified atom stereocenters. The minimum absolute atomic E-state index is 0.00740. The van der Waals surface area contributed by atoms with Gasteiger partial charge in [0.1, 0.15) is 5.60 Å². The van der Waals surface area contributed by atoms with Crippen LogP contribution in [0.1, 0.15) is 79.6 Å². The summed E-state index contributed by atoms with van der Waals surface area (Å²) in [6.45, 7) is 9.33. The van der Waals surface area contributed by atoms with Gasteiger partial charge in [-0.3, -0.25) is 4.79 Å². The summed E-state index contributed by atoms with van der Waals surface area (Å²) in [7, 11) is 0. The summed E-state index contributed by atoms with van der Waals surface area (Å²) in [5.74, 6) is -0.425. The topological polar surface area (TPSA) is 131 Å². The number of hydrogen-bond donors (Lipinski definition) is 5. The minimum atomic E-state index is -1.35. The van der Waals surface area contributed by atoms with Gasteiger partial charge in [0.15, 0.2) is 5.78 Å². The van der Waals surface area contributed by atoms with Crippen LogP contribution in [0.5, 0.6) is 0 Å². The molecule has 5 aliphatic rings. The lowest BCUT2D eigenvalue weighted by Crippen LogP contribution is -2.60. The van der Waals surface area contributed by atoms with Crippen LogP contribution in [0.15, 0.2) is 11.6 Å². The number of ketones is 1. The Morgan fingerprint density at radius 2 is 1.79 bits per heavy atom. The van der Waals surface area contributed by atoms with Gasteiger partial charge in [0, 0.05) is 17.3 Å². The van der Waals surface area contributed by atoms with Crippen LogP contribution in [0, 0.1) is 28.6 Å². The first kappa shape index (κ1) is 24.8. The first-order valence-corrected chi connectivity index (χ1v) is 13.0. The van der Waals surface area contributed by atoms with Gasteiger partial charge in [0.25, 0.3) is 0 Å². The van der Waals surface area contributed by atoms with Crippen LogP contribution in [0.4, 0.5) is 0 Å². The summed E-state index contributed by atoms with van der Waals surface area (Å²) >= 11 is 0. The smallest absolute Gasteiger partial charge is 0.159 e. The van der Waals surface area contributed by atoms with E-state index in [0.717, 1.165) is 18.4 Å². The number of carbonyl (C=O) groups is 1. The predicted octanol–water partition coefficient (Wildman–Crippen LogP) is 1.87. The number of fused-ring (bicyclic) bond motifs is 3. The molecular formula is C27H42O7. The predicted molar refractivity (Wildman–Crippen MR) is 125 cm³/mol. The Hall–Kier alpha value is -0.830. The van der Waals surface area contributed by atoms with Gasteiger partial charge >= 0.3 is 0 Å². The fourth-order valence-electron chi connectivity index (χ4n) is 8.71. The van der Waals surface area contributed by atoms with E-state index >= 15 is 0 Å². The molecular weight excluding hydrogens is 436 g/mol. The van der Waals surface area contributed by atoms with E-state index in [9.17, 15) is 30.3 Å². The molecule has 3 saturated carbocycles. The first-order valence-electron chi connectivity index (χ1n) is 13.0. The minimum Gasteiger partial charge on any atom is -0.390 e. The van der Waals surface area contributed by atoms with Gasteiger partial charge in [-0.25, -0.2) is 0 Å². The van der Waals surface area contributed by atoms with Gasteiger partial charge in [0.2, 0.25) is 0 Å². The fraction of sp³-hybridized carbons (Fsp3) is 0.889. The van der Waals surface area contributed by atoms with Gasteiger partial charge < -0.3 is 30.3 Å². The standard InChI is InChI=1S/C27H42O7/c1-23(2,32)8-7-21(31)26(5,33)20-12-22-27(34-22)15-10-17(28)16-11-18(29)19(30)13-24(16,3)14(15)6-9-25(20,27)4/h10,14,16,18-22,29-33H,6-9,11-13H2,1-5H3. The molecule has 1 spiro atoms. The highest BCUT2D eigenvalue weighted by atomic mass is 16.6. The van der Waals surface area contributed by atoms with Crippen molar-refractivity contribution in [3.63, 3.8) is 0 Å². The average Bonchev–Trinajstić information content (AvgIpc) is 3.38. The number of hydrogen-bond acceptors (Lipinski definition) is 7. The largest absolute Gasteiger partial charge is 0.390 e. The Balaban J connectivity index is 1.47. The molecule has 0 aromatic carbocycles. The lowest BCUT2D eigenvalue weighted by Gasteiger charge is -2.58. The van der Waals surface area contributed by atoms with E-state index in [4.69, 9.17) is 4.74 Å². The molecule has 7 heteroatoms. The Morgan fingerprint density at radius 1 is 1.12 bits per heavy atom. The SMILES string of the molecule is CC(C)(O)CCC(O)C(C)(O)C1CC2OC23C2=CC(=O)C4CC(O)C(O)CC4(C)C2CCC13C. The molecule has 11 atom stereocenters. The quantitative estimate of drug-likeness (QED) is 0.381. The molecule has 5 N–H and O–H groups in total. The van der Waals surface area contributed by atoms with E-state index in [1.165, 1.54) is 0 Å². The van der Waals surface area contributed by atoms with Crippen molar-refractivity contribution in [2.75, 3.05) is 0 Å². The van der Waals surface area contributed by atoms with Crippen molar-refractivity contribution in [3.8, 4) is 0 Å². The van der Waals surface area contributed by atoms with Gasteiger partial charge in [-0.2, -0.15) is 0 Å². The Bertz CT molecular complexity index is 905. The molecule has 1 aliphatic heterocycles. The Labute approximate surface area is 202 Å². The van der Waals surface area contributed by atoms with Crippen LogP contribution in [-0.2, 0) is 9.53 Å². The Kier molecular flexibility index (Phi) is 5.38. The van der Waals surface area contributed by atoms with Crippen molar-refractivity contribution >= 4 is 5.78 Å². The third-order valence-corrected chi connectivity index (χ3v) is 10.8. The number of allylic oxidation sites excluding steroid dienone is 1. The molecule has 34 heavy (non-hydrogen) atoms. The number of rotatable bonds is 5. The maximum absolute atomic E-state index is 13.3. The van der Waals surface area contributed by atoms with E-state index in [0.29, 0.717) is 25.7 Å². The van der Waals surface area contributed by atoms with Crippen LogP contribution in [0.2, 0.25) is 0 Å². The second-order valence-corrected chi connectivity index (χ2v) is 13.4. The molecule has 0 amide bonds. The van der Waals surface area contributed by atoms with E-state index in [-0.39, 0.29) is 36.1 Å². The van der Waals surface area contributed by atoms with Crippen LogP contribution >= 0.6 is 0 Å². The molecule has 0 aromatic heterocycles. The molecule has 192 valence electrons. The van der Waals surface area contributed by atoms with Gasteiger partial charge in [-0.05, 0) is 88.7 Å². The summed E-state index contributed by atoms with van der Waals surface area (Å²) in [6, 6.07) is 0. The fourth-order valence-corrected chi connectivity index (χ4v) is 8.71. The maximum Gasteiger partial charge on any atom is 0.159 e. The van der Waals surface area contributed by atoms with Crippen molar-refractivity contribution in [3.05, 3.63) is 11.6 Å². The molecule has 1 heterocycles. The molecule has 1 saturated heterocycles. The second-order valence-electron chi connectivity index (χ2n) is 13.4. The van der Waals surface area contributed by atoms with Crippen molar-refractivity contribution in [2.45, 2.75) is 121 Å². The van der Waals surface area contributed by atoms with Gasteiger partial charge in [-0.1, -0.05) is 13.8 Å². The second kappa shape index (κ2) is 7.36. The highest BCUT2D eigenvalue weighted by molar-refractivity contribution is 5.95. The number of ether oxygens (including phenoxy) is 1. The number of epoxide rings is 1. The van der Waals surface area contributed by atoms with Gasteiger partial charge in [-0.15, -0.1) is 0 Å². The van der Waals surface area contributed by atoms with Crippen LogP contribution < -0.4 is 0 Å². The van der Waals surface area contributed by atoms with Crippen molar-refractivity contribution in [1.82, 2.24) is 0 Å². The van der Waals surface area contributed by atoms with E-state index in [1.54, 1.807) is 26.8 Å². The zero-order chi connectivity index (χ0) is 25.1. The highest BCUT2D eigenvalue weighted by Gasteiger charge is 2.81. The average molecular weight is 479 g/mol. The zero-order valence-corrected chi connectivity index (χ0v) is 21.1. The number of carbonyl (C=O) groups excluding carboxylic acids is 1. The van der Waals surface area contributed by atoms with E-state index in [2.05, 4.69) is 13.8 Å². The molecule has 5 rings (SSSR count). The normalized spacial score (nSPS) is 50.3. The monoisotopic (exact) mass is 478 g/mol. The molecule has 7 nitrogen and oxygen atoms in total. The molecule has 0 bridgehead atoms. The summed E-state index contributed by atoms with van der Waals surface area (Å²) < 4.78 is 6.39. The molecule has 0 radical (unpaired) electrons. The summed E-state index contributed by atoms with van der Waals surface area (Å²) in [5.41, 5.74) is -2.76. The molecule has 0 aromatic rings.